The van der Waals surface area contributed by atoms with E-state index in [-0.39, 0.29) is 11.9 Å². The second-order valence-corrected chi connectivity index (χ2v) is 9.77. The summed E-state index contributed by atoms with van der Waals surface area (Å²) in [5.41, 5.74) is 3.31. The number of piperazine rings is 1. The highest BCUT2D eigenvalue weighted by atomic mass is 35.5. The summed E-state index contributed by atoms with van der Waals surface area (Å²) in [6.07, 6.45) is 2.09. The van der Waals surface area contributed by atoms with Crippen molar-refractivity contribution in [2.75, 3.05) is 44.2 Å². The summed E-state index contributed by atoms with van der Waals surface area (Å²) in [5, 5.41) is 1.79. The van der Waals surface area contributed by atoms with Crippen molar-refractivity contribution >= 4 is 46.4 Å². The van der Waals surface area contributed by atoms with E-state index in [1.807, 2.05) is 41.3 Å². The molecule has 0 N–H and O–H groups in total. The molecule has 5 nitrogen and oxygen atoms in total. The second-order valence-electron chi connectivity index (χ2n) is 8.52. The number of halogens is 3. The number of anilines is 1. The SMILES string of the molecule is O=C(CN1CCn2cccc2C1c1ccc(Cl)c(Cl)c1)N1CCN(c2cccc(Cl)c2)CC1. The smallest absolute Gasteiger partial charge is 0.236 e. The van der Waals surface area contributed by atoms with Crippen LogP contribution in [-0.4, -0.2) is 59.5 Å². The van der Waals surface area contributed by atoms with Crippen LogP contribution in [0.1, 0.15) is 17.3 Å². The minimum Gasteiger partial charge on any atom is -0.368 e. The Labute approximate surface area is 209 Å². The van der Waals surface area contributed by atoms with Crippen molar-refractivity contribution in [2.24, 2.45) is 0 Å². The van der Waals surface area contributed by atoms with Gasteiger partial charge in [0.2, 0.25) is 5.91 Å². The highest BCUT2D eigenvalue weighted by molar-refractivity contribution is 6.42. The standard InChI is InChI=1S/C25H25Cl3N4O/c26-19-3-1-4-20(16-19)29-9-12-31(13-10-29)24(33)17-32-14-11-30-8-2-5-23(30)25(32)18-6-7-21(27)22(28)15-18/h1-8,15-16,25H,9-14,17H2. The van der Waals surface area contributed by atoms with Crippen LogP contribution in [0.3, 0.4) is 0 Å². The van der Waals surface area contributed by atoms with Crippen LogP contribution < -0.4 is 4.90 Å². The summed E-state index contributed by atoms with van der Waals surface area (Å²) in [4.78, 5) is 19.8. The van der Waals surface area contributed by atoms with Crippen LogP contribution in [0, 0.1) is 0 Å². The average Bonchev–Trinajstić information content (AvgIpc) is 3.30. The number of nitrogens with zero attached hydrogens (tertiary/aromatic N) is 4. The topological polar surface area (TPSA) is 31.7 Å². The fourth-order valence-electron chi connectivity index (χ4n) is 4.83. The van der Waals surface area contributed by atoms with E-state index in [1.165, 1.54) is 5.69 Å². The fraction of sp³-hybridized carbons (Fsp3) is 0.320. The van der Waals surface area contributed by atoms with Gasteiger partial charge >= 0.3 is 0 Å². The summed E-state index contributed by atoms with van der Waals surface area (Å²) in [6, 6.07) is 17.8. The Morgan fingerprint density at radius 2 is 1.67 bits per heavy atom. The molecule has 2 aliphatic heterocycles. The van der Waals surface area contributed by atoms with E-state index in [0.717, 1.165) is 42.5 Å². The summed E-state index contributed by atoms with van der Waals surface area (Å²) >= 11 is 18.6. The normalized spacial score (nSPS) is 18.9. The third-order valence-corrected chi connectivity index (χ3v) is 7.52. The minimum atomic E-state index is -0.0415. The number of amides is 1. The van der Waals surface area contributed by atoms with Gasteiger partial charge in [-0.1, -0.05) is 46.9 Å². The predicted molar refractivity (Wildman–Crippen MR) is 135 cm³/mol. The van der Waals surface area contributed by atoms with Crippen LogP contribution in [-0.2, 0) is 11.3 Å². The number of hydrogen-bond acceptors (Lipinski definition) is 3. The van der Waals surface area contributed by atoms with Crippen LogP contribution in [0.4, 0.5) is 5.69 Å². The number of benzene rings is 2. The number of hydrogen-bond donors (Lipinski definition) is 0. The van der Waals surface area contributed by atoms with Gasteiger partial charge in [-0.3, -0.25) is 9.69 Å². The molecule has 2 aliphatic rings. The van der Waals surface area contributed by atoms with Gasteiger partial charge in [0.05, 0.1) is 22.6 Å². The molecule has 0 aliphatic carbocycles. The quantitative estimate of drug-likeness (QED) is 0.490. The Bertz CT molecular complexity index is 1160. The Hall–Kier alpha value is -2.18. The second kappa shape index (κ2) is 9.59. The molecule has 0 saturated carbocycles. The summed E-state index contributed by atoms with van der Waals surface area (Å²) in [7, 11) is 0. The molecule has 8 heteroatoms. The first-order valence-electron chi connectivity index (χ1n) is 11.1. The maximum atomic E-state index is 13.3. The first-order chi connectivity index (χ1) is 16.0. The molecule has 1 unspecified atom stereocenters. The molecule has 3 aromatic rings. The summed E-state index contributed by atoms with van der Waals surface area (Å²) in [6.45, 7) is 5.01. The Morgan fingerprint density at radius 3 is 2.42 bits per heavy atom. The van der Waals surface area contributed by atoms with Crippen LogP contribution in [0.15, 0.2) is 60.8 Å². The largest absolute Gasteiger partial charge is 0.368 e. The molecule has 3 heterocycles. The van der Waals surface area contributed by atoms with Gasteiger partial charge < -0.3 is 14.4 Å². The average molecular weight is 504 g/mol. The molecule has 1 amide bonds. The lowest BCUT2D eigenvalue weighted by atomic mass is 10.00. The first-order valence-corrected chi connectivity index (χ1v) is 12.3. The van der Waals surface area contributed by atoms with Crippen molar-refractivity contribution in [3.8, 4) is 0 Å². The van der Waals surface area contributed by atoms with E-state index in [4.69, 9.17) is 34.8 Å². The molecule has 1 aromatic heterocycles. The molecule has 0 bridgehead atoms. The Balaban J connectivity index is 1.29. The summed E-state index contributed by atoms with van der Waals surface area (Å²) < 4.78 is 2.25. The van der Waals surface area contributed by atoms with E-state index in [1.54, 1.807) is 0 Å². The van der Waals surface area contributed by atoms with E-state index in [9.17, 15) is 4.79 Å². The lowest BCUT2D eigenvalue weighted by Crippen LogP contribution is -2.52. The van der Waals surface area contributed by atoms with E-state index in [0.29, 0.717) is 29.7 Å². The maximum Gasteiger partial charge on any atom is 0.236 e. The third kappa shape index (κ3) is 4.73. The molecule has 172 valence electrons. The molecule has 1 atom stereocenters. The van der Waals surface area contributed by atoms with Crippen molar-refractivity contribution < 1.29 is 4.79 Å². The highest BCUT2D eigenvalue weighted by Crippen LogP contribution is 2.35. The lowest BCUT2D eigenvalue weighted by Gasteiger charge is -2.40. The van der Waals surface area contributed by atoms with Gasteiger partial charge in [0.15, 0.2) is 0 Å². The zero-order valence-electron chi connectivity index (χ0n) is 18.1. The molecule has 1 fully saturated rings. The monoisotopic (exact) mass is 502 g/mol. The van der Waals surface area contributed by atoms with Crippen molar-refractivity contribution in [1.82, 2.24) is 14.4 Å². The number of rotatable bonds is 4. The number of carbonyl (C=O) groups is 1. The lowest BCUT2D eigenvalue weighted by molar-refractivity contribution is -0.133. The molecular weight excluding hydrogens is 479 g/mol. The van der Waals surface area contributed by atoms with Crippen molar-refractivity contribution in [3.05, 3.63) is 87.1 Å². The molecule has 5 rings (SSSR count). The molecule has 33 heavy (non-hydrogen) atoms. The van der Waals surface area contributed by atoms with Gasteiger partial charge in [-0.25, -0.2) is 0 Å². The molecule has 1 saturated heterocycles. The van der Waals surface area contributed by atoms with Gasteiger partial charge in [-0.15, -0.1) is 0 Å². The zero-order valence-corrected chi connectivity index (χ0v) is 20.4. The zero-order chi connectivity index (χ0) is 22.9. The van der Waals surface area contributed by atoms with E-state index in [2.05, 4.69) is 38.8 Å². The van der Waals surface area contributed by atoms with Crippen molar-refractivity contribution in [1.29, 1.82) is 0 Å². The Morgan fingerprint density at radius 1 is 0.848 bits per heavy atom. The van der Waals surface area contributed by atoms with Crippen LogP contribution in [0.5, 0.6) is 0 Å². The van der Waals surface area contributed by atoms with Crippen molar-refractivity contribution in [2.45, 2.75) is 12.6 Å². The van der Waals surface area contributed by atoms with Gasteiger partial charge in [-0.2, -0.15) is 0 Å². The van der Waals surface area contributed by atoms with Crippen molar-refractivity contribution in [3.63, 3.8) is 0 Å². The molecule has 0 radical (unpaired) electrons. The first kappa shape index (κ1) is 22.6. The van der Waals surface area contributed by atoms with Crippen LogP contribution >= 0.6 is 34.8 Å². The van der Waals surface area contributed by atoms with E-state index < -0.39 is 0 Å². The van der Waals surface area contributed by atoms with Gasteiger partial charge in [-0.05, 0) is 48.0 Å². The van der Waals surface area contributed by atoms with Gasteiger partial charge in [0, 0.05) is 61.9 Å². The predicted octanol–water partition coefficient (Wildman–Crippen LogP) is 5.20. The minimum absolute atomic E-state index is 0.0415. The molecule has 2 aromatic carbocycles. The number of aromatic nitrogens is 1. The van der Waals surface area contributed by atoms with Crippen LogP contribution in [0.2, 0.25) is 15.1 Å². The fourth-order valence-corrected chi connectivity index (χ4v) is 5.32. The summed E-state index contributed by atoms with van der Waals surface area (Å²) in [5.74, 6) is 0.158. The van der Waals surface area contributed by atoms with Gasteiger partial charge in [0.1, 0.15) is 0 Å². The number of carbonyl (C=O) groups excluding carboxylic acids is 1. The third-order valence-electron chi connectivity index (χ3n) is 6.54. The molecule has 0 spiro atoms. The number of fused-ring (bicyclic) bond motifs is 1. The molecular formula is C25H25Cl3N4O. The Kier molecular flexibility index (Phi) is 6.57. The van der Waals surface area contributed by atoms with E-state index >= 15 is 0 Å². The van der Waals surface area contributed by atoms with Gasteiger partial charge in [0.25, 0.3) is 0 Å². The highest BCUT2D eigenvalue weighted by Gasteiger charge is 2.32. The van der Waals surface area contributed by atoms with Crippen LogP contribution in [0.25, 0.3) is 0 Å². The maximum absolute atomic E-state index is 13.3.